The number of furan rings is 1. The Hall–Kier alpha value is -1.55. The number of carbonyl (C=O) groups excluding carboxylic acids is 1. The van der Waals surface area contributed by atoms with Gasteiger partial charge in [-0.05, 0) is 34.5 Å². The Labute approximate surface area is 117 Å². The molecule has 0 aromatic carbocycles. The van der Waals surface area contributed by atoms with Crippen LogP contribution in [0.3, 0.4) is 0 Å². The molecule has 0 aliphatic carbocycles. The lowest BCUT2D eigenvalue weighted by atomic mass is 9.94. The molecule has 102 valence electrons. The van der Waals surface area contributed by atoms with Gasteiger partial charge in [-0.25, -0.2) is 0 Å². The van der Waals surface area contributed by atoms with Crippen LogP contribution in [0.15, 0.2) is 39.6 Å². The van der Waals surface area contributed by atoms with E-state index in [1.807, 2.05) is 38.3 Å². The van der Waals surface area contributed by atoms with Gasteiger partial charge in [0.15, 0.2) is 0 Å². The molecule has 0 saturated carbocycles. The van der Waals surface area contributed by atoms with E-state index in [0.717, 1.165) is 5.76 Å². The van der Waals surface area contributed by atoms with Gasteiger partial charge in [-0.2, -0.15) is 11.3 Å². The summed E-state index contributed by atoms with van der Waals surface area (Å²) in [5.74, 6) is 1.01. The first-order valence-corrected chi connectivity index (χ1v) is 7.26. The molecule has 0 aliphatic rings. The second kappa shape index (κ2) is 5.61. The van der Waals surface area contributed by atoms with E-state index in [2.05, 4.69) is 16.8 Å². The quantitative estimate of drug-likeness (QED) is 0.927. The maximum absolute atomic E-state index is 12.0. The Morgan fingerprint density at radius 2 is 2.21 bits per heavy atom. The minimum absolute atomic E-state index is 0.0549. The molecule has 2 aromatic heterocycles. The highest BCUT2D eigenvalue weighted by Gasteiger charge is 2.24. The van der Waals surface area contributed by atoms with Crippen molar-refractivity contribution in [2.45, 2.75) is 26.7 Å². The van der Waals surface area contributed by atoms with Crippen molar-refractivity contribution in [1.29, 1.82) is 0 Å². The highest BCUT2D eigenvalue weighted by Crippen LogP contribution is 2.26. The second-order valence-electron chi connectivity index (χ2n) is 5.58. The first-order chi connectivity index (χ1) is 8.98. The van der Waals surface area contributed by atoms with Gasteiger partial charge in [0.1, 0.15) is 5.76 Å². The standard InChI is InChI=1S/C15H19NO2S/c1-15(2,3)14(17)16-9-12(11-6-8-19-10-11)13-5-4-7-18-13/h4-8,10,12H,9H2,1-3H3,(H,16,17). The summed E-state index contributed by atoms with van der Waals surface area (Å²) in [6.07, 6.45) is 1.67. The van der Waals surface area contributed by atoms with Crippen molar-refractivity contribution in [3.05, 3.63) is 46.5 Å². The number of hydrogen-bond donors (Lipinski definition) is 1. The Balaban J connectivity index is 2.10. The van der Waals surface area contributed by atoms with Crippen molar-refractivity contribution in [2.24, 2.45) is 5.41 Å². The average Bonchev–Trinajstić information content (AvgIpc) is 3.00. The summed E-state index contributed by atoms with van der Waals surface area (Å²) >= 11 is 1.65. The van der Waals surface area contributed by atoms with Crippen LogP contribution in [-0.4, -0.2) is 12.5 Å². The monoisotopic (exact) mass is 277 g/mol. The third-order valence-electron chi connectivity index (χ3n) is 2.98. The first kappa shape index (κ1) is 13.9. The van der Waals surface area contributed by atoms with Gasteiger partial charge in [-0.15, -0.1) is 0 Å². The number of rotatable bonds is 4. The van der Waals surface area contributed by atoms with Gasteiger partial charge in [-0.1, -0.05) is 20.8 Å². The smallest absolute Gasteiger partial charge is 0.225 e. The molecule has 0 radical (unpaired) electrons. The van der Waals surface area contributed by atoms with Crippen LogP contribution in [0.1, 0.15) is 38.0 Å². The van der Waals surface area contributed by atoms with Crippen molar-refractivity contribution in [3.63, 3.8) is 0 Å². The zero-order valence-corrected chi connectivity index (χ0v) is 12.3. The highest BCUT2D eigenvalue weighted by atomic mass is 32.1. The van der Waals surface area contributed by atoms with Gasteiger partial charge in [0.2, 0.25) is 5.91 Å². The Morgan fingerprint density at radius 1 is 1.42 bits per heavy atom. The van der Waals surface area contributed by atoms with Gasteiger partial charge in [0, 0.05) is 12.0 Å². The highest BCUT2D eigenvalue weighted by molar-refractivity contribution is 7.08. The molecule has 1 atom stereocenters. The van der Waals surface area contributed by atoms with E-state index < -0.39 is 0 Å². The Bertz CT molecular complexity index is 475. The van der Waals surface area contributed by atoms with Crippen LogP contribution < -0.4 is 5.32 Å². The molecule has 1 amide bonds. The minimum atomic E-state index is -0.373. The van der Waals surface area contributed by atoms with Gasteiger partial charge >= 0.3 is 0 Å². The maximum Gasteiger partial charge on any atom is 0.225 e. The maximum atomic E-state index is 12.0. The molecule has 0 saturated heterocycles. The molecule has 2 heterocycles. The summed E-state index contributed by atoms with van der Waals surface area (Å²) in [5.41, 5.74) is 0.802. The van der Waals surface area contributed by atoms with Crippen LogP contribution in [0.5, 0.6) is 0 Å². The lowest BCUT2D eigenvalue weighted by Crippen LogP contribution is -2.37. The molecule has 1 unspecified atom stereocenters. The van der Waals surface area contributed by atoms with Crippen molar-refractivity contribution < 1.29 is 9.21 Å². The second-order valence-corrected chi connectivity index (χ2v) is 6.36. The number of hydrogen-bond acceptors (Lipinski definition) is 3. The summed E-state index contributed by atoms with van der Waals surface area (Å²) in [4.78, 5) is 12.0. The Kier molecular flexibility index (Phi) is 4.10. The molecule has 19 heavy (non-hydrogen) atoms. The Morgan fingerprint density at radius 3 is 2.74 bits per heavy atom. The van der Waals surface area contributed by atoms with Crippen LogP contribution >= 0.6 is 11.3 Å². The van der Waals surface area contributed by atoms with Crippen molar-refractivity contribution in [3.8, 4) is 0 Å². The predicted molar refractivity (Wildman–Crippen MR) is 77.3 cm³/mol. The van der Waals surface area contributed by atoms with Crippen LogP contribution in [-0.2, 0) is 4.79 Å². The van der Waals surface area contributed by atoms with Crippen molar-refractivity contribution >= 4 is 17.2 Å². The largest absolute Gasteiger partial charge is 0.469 e. The fourth-order valence-corrected chi connectivity index (χ4v) is 2.52. The number of thiophene rings is 1. The molecular formula is C15H19NO2S. The van der Waals surface area contributed by atoms with Gasteiger partial charge in [0.25, 0.3) is 0 Å². The molecule has 2 aromatic rings. The molecule has 0 fully saturated rings. The lowest BCUT2D eigenvalue weighted by Gasteiger charge is -2.20. The summed E-state index contributed by atoms with van der Waals surface area (Å²) in [6, 6.07) is 5.90. The fraction of sp³-hybridized carbons (Fsp3) is 0.400. The SMILES string of the molecule is CC(C)(C)C(=O)NCC(c1ccsc1)c1ccco1. The summed E-state index contributed by atoms with van der Waals surface area (Å²) in [5, 5.41) is 7.14. The molecular weight excluding hydrogens is 258 g/mol. The zero-order valence-electron chi connectivity index (χ0n) is 11.5. The van der Waals surface area contributed by atoms with Crippen LogP contribution in [0.4, 0.5) is 0 Å². The lowest BCUT2D eigenvalue weighted by molar-refractivity contribution is -0.128. The normalized spacial score (nSPS) is 13.2. The molecule has 2 rings (SSSR count). The van der Waals surface area contributed by atoms with Crippen LogP contribution in [0, 0.1) is 5.41 Å². The van der Waals surface area contributed by atoms with Crippen molar-refractivity contribution in [1.82, 2.24) is 5.32 Å². The molecule has 0 bridgehead atoms. The summed E-state index contributed by atoms with van der Waals surface area (Å²) in [7, 11) is 0. The van der Waals surface area contributed by atoms with E-state index in [4.69, 9.17) is 4.42 Å². The molecule has 0 spiro atoms. The summed E-state index contributed by atoms with van der Waals surface area (Å²) < 4.78 is 5.49. The van der Waals surface area contributed by atoms with E-state index in [-0.39, 0.29) is 17.2 Å². The van der Waals surface area contributed by atoms with Gasteiger partial charge < -0.3 is 9.73 Å². The number of carbonyl (C=O) groups is 1. The van der Waals surface area contributed by atoms with Crippen LogP contribution in [0.2, 0.25) is 0 Å². The van der Waals surface area contributed by atoms with Gasteiger partial charge in [-0.3, -0.25) is 4.79 Å². The fourth-order valence-electron chi connectivity index (χ4n) is 1.81. The average molecular weight is 277 g/mol. The number of nitrogens with one attached hydrogen (secondary N) is 1. The van der Waals surface area contributed by atoms with E-state index in [0.29, 0.717) is 6.54 Å². The molecule has 0 aliphatic heterocycles. The van der Waals surface area contributed by atoms with Crippen LogP contribution in [0.25, 0.3) is 0 Å². The predicted octanol–water partition coefficient (Wildman–Crippen LogP) is 3.64. The molecule has 1 N–H and O–H groups in total. The van der Waals surface area contributed by atoms with E-state index in [1.54, 1.807) is 17.6 Å². The first-order valence-electron chi connectivity index (χ1n) is 6.32. The molecule has 3 nitrogen and oxygen atoms in total. The third kappa shape index (κ3) is 3.47. The van der Waals surface area contributed by atoms with Crippen molar-refractivity contribution in [2.75, 3.05) is 6.54 Å². The zero-order chi connectivity index (χ0) is 13.9. The van der Waals surface area contributed by atoms with E-state index >= 15 is 0 Å². The molecule has 4 heteroatoms. The van der Waals surface area contributed by atoms with E-state index in [9.17, 15) is 4.79 Å². The van der Waals surface area contributed by atoms with Gasteiger partial charge in [0.05, 0.1) is 12.2 Å². The topological polar surface area (TPSA) is 42.2 Å². The minimum Gasteiger partial charge on any atom is -0.469 e. The number of amides is 1. The summed E-state index contributed by atoms with van der Waals surface area (Å²) in [6.45, 7) is 6.29. The van der Waals surface area contributed by atoms with E-state index in [1.165, 1.54) is 5.56 Å². The third-order valence-corrected chi connectivity index (χ3v) is 3.68.